The van der Waals surface area contributed by atoms with Crippen LogP contribution in [0.1, 0.15) is 18.4 Å². The SMILES string of the molecule is CN(C)c1ccc(/C=N\N2C(=O)[C@@H]3[C@H](C2=O)[C@H]2C=C[C@@H]3C23CC3)cc1Br. The lowest BCUT2D eigenvalue weighted by Gasteiger charge is -2.18. The van der Waals surface area contributed by atoms with Gasteiger partial charge < -0.3 is 4.90 Å². The maximum absolute atomic E-state index is 12.9. The van der Waals surface area contributed by atoms with Gasteiger partial charge in [0.25, 0.3) is 11.8 Å². The number of hydrazone groups is 1. The lowest BCUT2D eigenvalue weighted by molar-refractivity contribution is -0.141. The van der Waals surface area contributed by atoms with E-state index in [0.29, 0.717) is 0 Å². The maximum atomic E-state index is 12.9. The van der Waals surface area contributed by atoms with Gasteiger partial charge in [0, 0.05) is 18.6 Å². The van der Waals surface area contributed by atoms with E-state index in [-0.39, 0.29) is 40.9 Å². The molecule has 0 unspecified atom stereocenters. The van der Waals surface area contributed by atoms with Gasteiger partial charge in [-0.1, -0.05) is 18.2 Å². The maximum Gasteiger partial charge on any atom is 0.254 e. The number of nitrogens with zero attached hydrogens (tertiary/aromatic N) is 3. The van der Waals surface area contributed by atoms with Crippen molar-refractivity contribution in [1.29, 1.82) is 0 Å². The van der Waals surface area contributed by atoms with Gasteiger partial charge in [0.05, 0.1) is 23.7 Å². The fourth-order valence-electron chi connectivity index (χ4n) is 5.27. The molecule has 2 saturated carbocycles. The van der Waals surface area contributed by atoms with E-state index in [4.69, 9.17) is 0 Å². The summed E-state index contributed by atoms with van der Waals surface area (Å²) in [6, 6.07) is 5.85. The monoisotopic (exact) mass is 413 g/mol. The van der Waals surface area contributed by atoms with Crippen LogP contribution in [0.5, 0.6) is 0 Å². The van der Waals surface area contributed by atoms with Crippen molar-refractivity contribution >= 4 is 39.6 Å². The number of hydrogen-bond donors (Lipinski definition) is 0. The molecule has 2 amide bonds. The van der Waals surface area contributed by atoms with E-state index in [1.807, 2.05) is 37.2 Å². The molecule has 3 fully saturated rings. The lowest BCUT2D eigenvalue weighted by Crippen LogP contribution is -2.30. The smallest absolute Gasteiger partial charge is 0.254 e. The highest BCUT2D eigenvalue weighted by atomic mass is 79.9. The Labute approximate surface area is 160 Å². The van der Waals surface area contributed by atoms with Gasteiger partial charge >= 0.3 is 0 Å². The van der Waals surface area contributed by atoms with Crippen LogP contribution in [0.4, 0.5) is 5.69 Å². The average molecular weight is 414 g/mol. The molecule has 5 nitrogen and oxygen atoms in total. The van der Waals surface area contributed by atoms with E-state index < -0.39 is 0 Å². The summed E-state index contributed by atoms with van der Waals surface area (Å²) in [4.78, 5) is 27.8. The molecule has 134 valence electrons. The average Bonchev–Trinajstić information content (AvgIpc) is 3.20. The number of imide groups is 1. The van der Waals surface area contributed by atoms with E-state index in [1.54, 1.807) is 6.21 Å². The van der Waals surface area contributed by atoms with Gasteiger partial charge in [-0.15, -0.1) is 0 Å². The van der Waals surface area contributed by atoms with Gasteiger partial charge in [-0.25, -0.2) is 0 Å². The third-order valence-corrected chi connectivity index (χ3v) is 7.24. The summed E-state index contributed by atoms with van der Waals surface area (Å²) in [5.41, 5.74) is 2.13. The summed E-state index contributed by atoms with van der Waals surface area (Å²) < 4.78 is 0.945. The van der Waals surface area contributed by atoms with Crippen LogP contribution in [-0.2, 0) is 9.59 Å². The number of allylic oxidation sites excluding steroid dienone is 2. The van der Waals surface area contributed by atoms with Crippen LogP contribution >= 0.6 is 15.9 Å². The second kappa shape index (κ2) is 5.28. The Hall–Kier alpha value is -1.95. The molecular weight excluding hydrogens is 394 g/mol. The number of carbonyl (C=O) groups is 2. The summed E-state index contributed by atoms with van der Waals surface area (Å²) in [6.45, 7) is 0. The highest BCUT2D eigenvalue weighted by molar-refractivity contribution is 9.10. The topological polar surface area (TPSA) is 53.0 Å². The number of rotatable bonds is 3. The predicted octanol–water partition coefficient (Wildman–Crippen LogP) is 3.05. The highest BCUT2D eigenvalue weighted by Crippen LogP contribution is 2.73. The Balaban J connectivity index is 1.39. The Morgan fingerprint density at radius 1 is 1.15 bits per heavy atom. The zero-order chi connectivity index (χ0) is 18.2. The van der Waals surface area contributed by atoms with Gasteiger partial charge in [-0.05, 0) is 63.7 Å². The van der Waals surface area contributed by atoms with Crippen molar-refractivity contribution in [3.05, 3.63) is 40.4 Å². The summed E-state index contributed by atoms with van der Waals surface area (Å²) in [6.07, 6.45) is 8.25. The van der Waals surface area contributed by atoms with Gasteiger partial charge in [-0.2, -0.15) is 10.1 Å². The first-order chi connectivity index (χ1) is 12.4. The first kappa shape index (κ1) is 16.2. The first-order valence-electron chi connectivity index (χ1n) is 9.01. The van der Waals surface area contributed by atoms with Crippen LogP contribution < -0.4 is 4.90 Å². The van der Waals surface area contributed by atoms with Crippen molar-refractivity contribution in [2.24, 2.45) is 34.2 Å². The molecule has 3 aliphatic carbocycles. The molecule has 1 aliphatic heterocycles. The fourth-order valence-corrected chi connectivity index (χ4v) is 6.02. The van der Waals surface area contributed by atoms with Gasteiger partial charge in [0.15, 0.2) is 0 Å². The standard InChI is InChI=1S/C20H20BrN3O2/c1-23(2)15-6-3-11(9-14(15)21)10-22-24-18(25)16-12-4-5-13(17(16)19(24)26)20(12)7-8-20/h3-6,9-10,12-13,16-17H,7-8H2,1-2H3/b22-10-/t12-,13+,16-,17+. The quantitative estimate of drug-likeness (QED) is 0.434. The van der Waals surface area contributed by atoms with Crippen LogP contribution in [0, 0.1) is 29.1 Å². The van der Waals surface area contributed by atoms with E-state index in [0.717, 1.165) is 33.6 Å². The van der Waals surface area contributed by atoms with Crippen molar-refractivity contribution in [3.8, 4) is 0 Å². The number of benzene rings is 1. The molecule has 5 rings (SSSR count). The second-order valence-corrected chi connectivity index (χ2v) is 8.91. The van der Waals surface area contributed by atoms with Crippen molar-refractivity contribution < 1.29 is 9.59 Å². The van der Waals surface area contributed by atoms with Gasteiger partial charge in [0.2, 0.25) is 0 Å². The van der Waals surface area contributed by atoms with Crippen LogP contribution in [0.25, 0.3) is 0 Å². The Morgan fingerprint density at radius 2 is 1.77 bits per heavy atom. The number of anilines is 1. The molecule has 1 aromatic rings. The summed E-state index contributed by atoms with van der Waals surface area (Å²) >= 11 is 3.55. The second-order valence-electron chi connectivity index (χ2n) is 8.06. The van der Waals surface area contributed by atoms with Crippen LogP contribution in [-0.4, -0.2) is 37.1 Å². The van der Waals surface area contributed by atoms with Crippen molar-refractivity contribution in [2.45, 2.75) is 12.8 Å². The Kier molecular flexibility index (Phi) is 3.30. The minimum atomic E-state index is -0.194. The summed E-state index contributed by atoms with van der Waals surface area (Å²) in [5.74, 6) is -0.156. The van der Waals surface area contributed by atoms with E-state index in [2.05, 4.69) is 33.2 Å². The Bertz CT molecular complexity index is 853. The highest BCUT2D eigenvalue weighted by Gasteiger charge is 2.73. The molecule has 26 heavy (non-hydrogen) atoms. The molecule has 6 heteroatoms. The fraction of sp³-hybridized carbons (Fsp3) is 0.450. The number of hydrogen-bond acceptors (Lipinski definition) is 4. The largest absolute Gasteiger partial charge is 0.377 e. The molecule has 0 N–H and O–H groups in total. The minimum Gasteiger partial charge on any atom is -0.377 e. The molecule has 1 spiro atoms. The minimum absolute atomic E-state index is 0.122. The number of amides is 2. The first-order valence-corrected chi connectivity index (χ1v) is 9.80. The number of halogens is 1. The van der Waals surface area contributed by atoms with Crippen molar-refractivity contribution in [3.63, 3.8) is 0 Å². The zero-order valence-electron chi connectivity index (χ0n) is 14.7. The zero-order valence-corrected chi connectivity index (χ0v) is 16.3. The lowest BCUT2D eigenvalue weighted by atomic mass is 9.85. The molecule has 0 radical (unpaired) electrons. The molecule has 0 aromatic heterocycles. The third-order valence-electron chi connectivity index (χ3n) is 6.61. The number of fused-ring (bicyclic) bond motifs is 3. The molecule has 1 saturated heterocycles. The normalized spacial score (nSPS) is 33.0. The van der Waals surface area contributed by atoms with E-state index >= 15 is 0 Å². The molecule has 4 atom stereocenters. The predicted molar refractivity (Wildman–Crippen MR) is 103 cm³/mol. The summed E-state index contributed by atoms with van der Waals surface area (Å²) in [5, 5.41) is 5.38. The van der Waals surface area contributed by atoms with Gasteiger partial charge in [0.1, 0.15) is 0 Å². The van der Waals surface area contributed by atoms with Gasteiger partial charge in [-0.3, -0.25) is 9.59 Å². The Morgan fingerprint density at radius 3 is 2.27 bits per heavy atom. The molecule has 1 aromatic carbocycles. The molecule has 2 bridgehead atoms. The van der Waals surface area contributed by atoms with Crippen molar-refractivity contribution in [2.75, 3.05) is 19.0 Å². The molecule has 4 aliphatic rings. The van der Waals surface area contributed by atoms with Crippen LogP contribution in [0.3, 0.4) is 0 Å². The summed E-state index contributed by atoms with van der Waals surface area (Å²) in [7, 11) is 3.95. The third kappa shape index (κ3) is 1.99. The van der Waals surface area contributed by atoms with Crippen LogP contribution in [0.2, 0.25) is 0 Å². The van der Waals surface area contributed by atoms with E-state index in [9.17, 15) is 9.59 Å². The molecule has 1 heterocycles. The van der Waals surface area contributed by atoms with E-state index in [1.165, 1.54) is 0 Å². The van der Waals surface area contributed by atoms with Crippen molar-refractivity contribution in [1.82, 2.24) is 5.01 Å². The molecular formula is C20H20BrN3O2. The van der Waals surface area contributed by atoms with Crippen LogP contribution in [0.15, 0.2) is 39.9 Å². The number of carbonyl (C=O) groups excluding carboxylic acids is 2.